The van der Waals surface area contributed by atoms with Crippen LogP contribution in [0.4, 0.5) is 17.6 Å². The SMILES string of the molecule is NC(=O)c1cccc(F)c1-c1cccc(C(F)(F)F)c1. The fourth-order valence-corrected chi connectivity index (χ4v) is 1.87. The van der Waals surface area contributed by atoms with Gasteiger partial charge < -0.3 is 5.73 Å². The van der Waals surface area contributed by atoms with Gasteiger partial charge in [0.1, 0.15) is 5.82 Å². The van der Waals surface area contributed by atoms with Crippen molar-refractivity contribution in [3.05, 3.63) is 59.4 Å². The lowest BCUT2D eigenvalue weighted by molar-refractivity contribution is -0.137. The quantitative estimate of drug-likeness (QED) is 0.841. The van der Waals surface area contributed by atoms with E-state index in [2.05, 4.69) is 0 Å². The van der Waals surface area contributed by atoms with Crippen molar-refractivity contribution in [1.29, 1.82) is 0 Å². The molecule has 2 N–H and O–H groups in total. The standard InChI is InChI=1S/C14H9F4NO/c15-11-6-2-5-10(13(19)20)12(11)8-3-1-4-9(7-8)14(16,17)18/h1-7H,(H2,19,20). The zero-order valence-corrected chi connectivity index (χ0v) is 10.0. The average Bonchev–Trinajstić information content (AvgIpc) is 2.37. The number of amides is 1. The maximum absolute atomic E-state index is 13.8. The van der Waals surface area contributed by atoms with Gasteiger partial charge in [-0.05, 0) is 29.8 Å². The minimum absolute atomic E-state index is 0.0493. The van der Waals surface area contributed by atoms with E-state index in [0.717, 1.165) is 24.3 Å². The predicted molar refractivity (Wildman–Crippen MR) is 65.4 cm³/mol. The van der Waals surface area contributed by atoms with Gasteiger partial charge in [-0.15, -0.1) is 0 Å². The summed E-state index contributed by atoms with van der Waals surface area (Å²) in [5.41, 5.74) is 3.75. The van der Waals surface area contributed by atoms with Gasteiger partial charge in [-0.25, -0.2) is 4.39 Å². The minimum atomic E-state index is -4.55. The van der Waals surface area contributed by atoms with Gasteiger partial charge in [0.15, 0.2) is 0 Å². The van der Waals surface area contributed by atoms with Crippen LogP contribution < -0.4 is 5.73 Å². The fraction of sp³-hybridized carbons (Fsp3) is 0.0714. The molecule has 0 saturated heterocycles. The first-order valence-electron chi connectivity index (χ1n) is 5.56. The van der Waals surface area contributed by atoms with Gasteiger partial charge in [-0.3, -0.25) is 4.79 Å². The van der Waals surface area contributed by atoms with Crippen molar-refractivity contribution < 1.29 is 22.4 Å². The number of nitrogens with two attached hydrogens (primary N) is 1. The number of alkyl halides is 3. The zero-order valence-electron chi connectivity index (χ0n) is 10.0. The Morgan fingerprint density at radius 1 is 1.05 bits per heavy atom. The highest BCUT2D eigenvalue weighted by atomic mass is 19.4. The summed E-state index contributed by atoms with van der Waals surface area (Å²) in [4.78, 5) is 11.3. The van der Waals surface area contributed by atoms with Crippen LogP contribution in [-0.2, 0) is 6.18 Å². The largest absolute Gasteiger partial charge is 0.416 e. The highest BCUT2D eigenvalue weighted by molar-refractivity contribution is 6.00. The number of halogens is 4. The van der Waals surface area contributed by atoms with Gasteiger partial charge in [0.2, 0.25) is 5.91 Å². The third-order valence-corrected chi connectivity index (χ3v) is 2.76. The van der Waals surface area contributed by atoms with Crippen LogP contribution in [0, 0.1) is 5.82 Å². The molecule has 2 rings (SSSR count). The summed E-state index contributed by atoms with van der Waals surface area (Å²) in [5, 5.41) is 0. The topological polar surface area (TPSA) is 43.1 Å². The maximum atomic E-state index is 13.8. The molecule has 20 heavy (non-hydrogen) atoms. The summed E-state index contributed by atoms with van der Waals surface area (Å²) >= 11 is 0. The number of carbonyl (C=O) groups is 1. The van der Waals surface area contributed by atoms with Crippen molar-refractivity contribution in [1.82, 2.24) is 0 Å². The molecule has 0 spiro atoms. The molecule has 0 saturated carbocycles. The van der Waals surface area contributed by atoms with E-state index in [9.17, 15) is 22.4 Å². The van der Waals surface area contributed by atoms with Crippen LogP contribution in [-0.4, -0.2) is 5.91 Å². The lowest BCUT2D eigenvalue weighted by atomic mass is 9.97. The molecule has 104 valence electrons. The van der Waals surface area contributed by atoms with E-state index in [0.29, 0.717) is 0 Å². The van der Waals surface area contributed by atoms with E-state index in [1.807, 2.05) is 0 Å². The molecule has 0 radical (unpaired) electrons. The second-order valence-corrected chi connectivity index (χ2v) is 4.11. The second-order valence-electron chi connectivity index (χ2n) is 4.11. The Hall–Kier alpha value is -2.37. The van der Waals surface area contributed by atoms with Crippen LogP contribution in [0.1, 0.15) is 15.9 Å². The molecule has 0 aliphatic heterocycles. The predicted octanol–water partition coefficient (Wildman–Crippen LogP) is 3.61. The van der Waals surface area contributed by atoms with E-state index in [4.69, 9.17) is 5.73 Å². The monoisotopic (exact) mass is 283 g/mol. The molecule has 0 fully saturated rings. The first-order valence-corrected chi connectivity index (χ1v) is 5.56. The van der Waals surface area contributed by atoms with Gasteiger partial charge in [-0.1, -0.05) is 18.2 Å². The van der Waals surface area contributed by atoms with Crippen LogP contribution in [0.2, 0.25) is 0 Å². The summed E-state index contributed by atoms with van der Waals surface area (Å²) < 4.78 is 51.8. The Labute approximate surface area is 111 Å². The molecule has 0 aromatic heterocycles. The summed E-state index contributed by atoms with van der Waals surface area (Å²) in [7, 11) is 0. The third kappa shape index (κ3) is 2.64. The van der Waals surface area contributed by atoms with E-state index >= 15 is 0 Å². The molecule has 1 amide bonds. The average molecular weight is 283 g/mol. The number of rotatable bonds is 2. The van der Waals surface area contributed by atoms with Crippen LogP contribution in [0.15, 0.2) is 42.5 Å². The lowest BCUT2D eigenvalue weighted by Crippen LogP contribution is -2.13. The Kier molecular flexibility index (Phi) is 3.48. The van der Waals surface area contributed by atoms with Gasteiger partial charge in [-0.2, -0.15) is 13.2 Å². The normalized spacial score (nSPS) is 11.4. The Morgan fingerprint density at radius 3 is 2.30 bits per heavy atom. The zero-order chi connectivity index (χ0) is 14.9. The Balaban J connectivity index is 2.66. The maximum Gasteiger partial charge on any atom is 0.416 e. The molecule has 0 unspecified atom stereocenters. The first kappa shape index (κ1) is 14.0. The highest BCUT2D eigenvalue weighted by Gasteiger charge is 2.31. The van der Waals surface area contributed by atoms with Crippen molar-refractivity contribution in [3.63, 3.8) is 0 Å². The Bertz CT molecular complexity index is 664. The molecule has 2 aromatic rings. The Morgan fingerprint density at radius 2 is 1.70 bits per heavy atom. The highest BCUT2D eigenvalue weighted by Crippen LogP contribution is 2.34. The van der Waals surface area contributed by atoms with E-state index < -0.39 is 23.5 Å². The second kappa shape index (κ2) is 4.96. The number of carbonyl (C=O) groups excluding carboxylic acids is 1. The molecule has 0 heterocycles. The summed E-state index contributed by atoms with van der Waals surface area (Å²) in [5.74, 6) is -1.71. The smallest absolute Gasteiger partial charge is 0.366 e. The van der Waals surface area contributed by atoms with Crippen LogP contribution in [0.3, 0.4) is 0 Å². The molecule has 2 aromatic carbocycles. The van der Waals surface area contributed by atoms with Crippen molar-refractivity contribution >= 4 is 5.91 Å². The van der Waals surface area contributed by atoms with E-state index in [-0.39, 0.29) is 16.7 Å². The number of hydrogen-bond donors (Lipinski definition) is 1. The fourth-order valence-electron chi connectivity index (χ4n) is 1.87. The van der Waals surface area contributed by atoms with Crippen LogP contribution >= 0.6 is 0 Å². The molecule has 2 nitrogen and oxygen atoms in total. The lowest BCUT2D eigenvalue weighted by Gasteiger charge is -2.11. The third-order valence-electron chi connectivity index (χ3n) is 2.76. The molecule has 0 aliphatic rings. The van der Waals surface area contributed by atoms with E-state index in [1.54, 1.807) is 0 Å². The molecule has 0 aliphatic carbocycles. The number of benzene rings is 2. The van der Waals surface area contributed by atoms with Crippen molar-refractivity contribution in [2.45, 2.75) is 6.18 Å². The number of primary amides is 1. The summed E-state index contributed by atoms with van der Waals surface area (Å²) in [6, 6.07) is 7.68. The molecule has 6 heteroatoms. The summed E-state index contributed by atoms with van der Waals surface area (Å²) in [6.45, 7) is 0. The van der Waals surface area contributed by atoms with Crippen LogP contribution in [0.5, 0.6) is 0 Å². The van der Waals surface area contributed by atoms with Crippen molar-refractivity contribution in [2.75, 3.05) is 0 Å². The molecule has 0 atom stereocenters. The van der Waals surface area contributed by atoms with Gasteiger partial charge in [0.25, 0.3) is 0 Å². The van der Waals surface area contributed by atoms with E-state index in [1.165, 1.54) is 18.2 Å². The van der Waals surface area contributed by atoms with Gasteiger partial charge in [0.05, 0.1) is 5.56 Å². The minimum Gasteiger partial charge on any atom is -0.366 e. The summed E-state index contributed by atoms with van der Waals surface area (Å²) in [6.07, 6.45) is -4.55. The van der Waals surface area contributed by atoms with Gasteiger partial charge in [0, 0.05) is 11.1 Å². The molecular formula is C14H9F4NO. The first-order chi connectivity index (χ1) is 9.30. The van der Waals surface area contributed by atoms with Crippen LogP contribution in [0.25, 0.3) is 11.1 Å². The van der Waals surface area contributed by atoms with Gasteiger partial charge >= 0.3 is 6.18 Å². The van der Waals surface area contributed by atoms with Crippen molar-refractivity contribution in [3.8, 4) is 11.1 Å². The number of hydrogen-bond acceptors (Lipinski definition) is 1. The molecular weight excluding hydrogens is 274 g/mol. The molecule has 0 bridgehead atoms. The van der Waals surface area contributed by atoms with Crippen molar-refractivity contribution in [2.24, 2.45) is 5.73 Å².